The minimum atomic E-state index is 0. The third-order valence-corrected chi connectivity index (χ3v) is 5.57. The van der Waals surface area contributed by atoms with Gasteiger partial charge >= 0.3 is 0 Å². The summed E-state index contributed by atoms with van der Waals surface area (Å²) >= 11 is 5.39. The molecule has 1 atom stereocenters. The average molecular weight is 367 g/mol. The summed E-state index contributed by atoms with van der Waals surface area (Å²) in [6.45, 7) is 8.41. The van der Waals surface area contributed by atoms with E-state index in [1.54, 1.807) is 0 Å². The minimum absolute atomic E-state index is 0. The van der Waals surface area contributed by atoms with Crippen molar-refractivity contribution < 1.29 is 0 Å². The Kier molecular flexibility index (Phi) is 6.11. The van der Waals surface area contributed by atoms with Gasteiger partial charge in [0.05, 0.1) is 3.79 Å². The van der Waals surface area contributed by atoms with Gasteiger partial charge in [-0.3, -0.25) is 9.80 Å². The second-order valence-electron chi connectivity index (χ2n) is 5.16. The first kappa shape index (κ1) is 15.7. The van der Waals surface area contributed by atoms with Gasteiger partial charge < -0.3 is 5.32 Å². The third kappa shape index (κ3) is 4.16. The normalized spacial score (nSPS) is 25.4. The molecule has 108 valence electrons. The van der Waals surface area contributed by atoms with Crippen LogP contribution in [0.5, 0.6) is 0 Å². The lowest BCUT2D eigenvalue weighted by Gasteiger charge is -2.37. The Morgan fingerprint density at radius 2 is 2.05 bits per heavy atom. The van der Waals surface area contributed by atoms with Crippen LogP contribution in [0.3, 0.4) is 0 Å². The molecule has 2 aliphatic heterocycles. The van der Waals surface area contributed by atoms with Gasteiger partial charge in [0.1, 0.15) is 0 Å². The Hall–Kier alpha value is 0.350. The molecule has 6 heteroatoms. The number of halogens is 2. The van der Waals surface area contributed by atoms with Crippen LogP contribution in [0.2, 0.25) is 0 Å². The molecular formula is C13H21BrClN3S. The molecule has 0 aliphatic carbocycles. The molecule has 0 bridgehead atoms. The van der Waals surface area contributed by atoms with E-state index in [0.29, 0.717) is 0 Å². The zero-order chi connectivity index (χ0) is 12.4. The van der Waals surface area contributed by atoms with Gasteiger partial charge in [-0.25, -0.2) is 0 Å². The first-order chi connectivity index (χ1) is 8.81. The van der Waals surface area contributed by atoms with Crippen molar-refractivity contribution in [3.05, 3.63) is 20.8 Å². The highest BCUT2D eigenvalue weighted by Crippen LogP contribution is 2.24. The van der Waals surface area contributed by atoms with E-state index in [9.17, 15) is 0 Å². The monoisotopic (exact) mass is 365 g/mol. The highest BCUT2D eigenvalue weighted by Gasteiger charge is 2.25. The van der Waals surface area contributed by atoms with E-state index in [0.717, 1.165) is 12.6 Å². The SMILES string of the molecule is Brc1ccc(CN2CCN(C3CCNC3)CC2)s1.Cl. The lowest BCUT2D eigenvalue weighted by molar-refractivity contribution is 0.0988. The molecule has 1 aromatic rings. The molecule has 3 rings (SSSR count). The summed E-state index contributed by atoms with van der Waals surface area (Å²) in [7, 11) is 0. The predicted molar refractivity (Wildman–Crippen MR) is 87.4 cm³/mol. The van der Waals surface area contributed by atoms with Crippen molar-refractivity contribution in [1.29, 1.82) is 0 Å². The summed E-state index contributed by atoms with van der Waals surface area (Å²) in [5.41, 5.74) is 0. The molecule has 2 fully saturated rings. The van der Waals surface area contributed by atoms with Crippen molar-refractivity contribution in [2.45, 2.75) is 19.0 Å². The molecule has 1 unspecified atom stereocenters. The molecule has 2 saturated heterocycles. The maximum absolute atomic E-state index is 3.54. The van der Waals surface area contributed by atoms with Crippen LogP contribution in [-0.4, -0.2) is 55.1 Å². The molecular weight excluding hydrogens is 346 g/mol. The van der Waals surface area contributed by atoms with E-state index >= 15 is 0 Å². The fraction of sp³-hybridized carbons (Fsp3) is 0.692. The largest absolute Gasteiger partial charge is 0.315 e. The van der Waals surface area contributed by atoms with Crippen LogP contribution < -0.4 is 5.32 Å². The topological polar surface area (TPSA) is 18.5 Å². The molecule has 2 aliphatic rings. The van der Waals surface area contributed by atoms with Gasteiger partial charge in [0.15, 0.2) is 0 Å². The predicted octanol–water partition coefficient (Wildman–Crippen LogP) is 2.41. The van der Waals surface area contributed by atoms with E-state index < -0.39 is 0 Å². The molecule has 0 radical (unpaired) electrons. The Morgan fingerprint density at radius 1 is 1.26 bits per heavy atom. The Balaban J connectivity index is 0.00000133. The van der Waals surface area contributed by atoms with Gasteiger partial charge in [-0.2, -0.15) is 0 Å². The van der Waals surface area contributed by atoms with Crippen LogP contribution in [0.25, 0.3) is 0 Å². The average Bonchev–Trinajstić information content (AvgIpc) is 3.02. The molecule has 0 spiro atoms. The zero-order valence-electron chi connectivity index (χ0n) is 11.0. The van der Waals surface area contributed by atoms with E-state index in [1.807, 2.05) is 11.3 Å². The third-order valence-electron chi connectivity index (χ3n) is 3.97. The van der Waals surface area contributed by atoms with Crippen molar-refractivity contribution >= 4 is 39.7 Å². The van der Waals surface area contributed by atoms with Crippen LogP contribution in [0.15, 0.2) is 15.9 Å². The summed E-state index contributed by atoms with van der Waals surface area (Å²) in [5, 5.41) is 3.46. The van der Waals surface area contributed by atoms with Crippen LogP contribution in [0.1, 0.15) is 11.3 Å². The summed E-state index contributed by atoms with van der Waals surface area (Å²) in [6, 6.07) is 5.19. The van der Waals surface area contributed by atoms with Crippen molar-refractivity contribution in [2.24, 2.45) is 0 Å². The molecule has 0 amide bonds. The van der Waals surface area contributed by atoms with Crippen LogP contribution in [0.4, 0.5) is 0 Å². The van der Waals surface area contributed by atoms with Crippen molar-refractivity contribution in [3.63, 3.8) is 0 Å². The maximum Gasteiger partial charge on any atom is 0.0701 e. The highest BCUT2D eigenvalue weighted by molar-refractivity contribution is 9.11. The zero-order valence-corrected chi connectivity index (χ0v) is 14.2. The van der Waals surface area contributed by atoms with E-state index in [2.05, 4.69) is 43.2 Å². The Labute approximate surface area is 133 Å². The van der Waals surface area contributed by atoms with Crippen molar-refractivity contribution in [3.8, 4) is 0 Å². The van der Waals surface area contributed by atoms with Crippen molar-refractivity contribution in [1.82, 2.24) is 15.1 Å². The number of thiophene rings is 1. The first-order valence-corrected chi connectivity index (χ1v) is 8.33. The smallest absolute Gasteiger partial charge is 0.0701 e. The van der Waals surface area contributed by atoms with Crippen LogP contribution in [-0.2, 0) is 6.54 Å². The lowest BCUT2D eigenvalue weighted by atomic mass is 10.2. The first-order valence-electron chi connectivity index (χ1n) is 6.72. The second-order valence-corrected chi connectivity index (χ2v) is 7.71. The van der Waals surface area contributed by atoms with Gasteiger partial charge in [-0.1, -0.05) is 0 Å². The summed E-state index contributed by atoms with van der Waals surface area (Å²) in [6.07, 6.45) is 1.33. The minimum Gasteiger partial charge on any atom is -0.315 e. The van der Waals surface area contributed by atoms with Crippen LogP contribution >= 0.6 is 39.7 Å². The molecule has 1 N–H and O–H groups in total. The molecule has 3 nitrogen and oxygen atoms in total. The quantitative estimate of drug-likeness (QED) is 0.886. The second kappa shape index (κ2) is 7.38. The highest BCUT2D eigenvalue weighted by atomic mass is 79.9. The maximum atomic E-state index is 3.54. The molecule has 19 heavy (non-hydrogen) atoms. The molecule has 1 aromatic heterocycles. The van der Waals surface area contributed by atoms with Crippen molar-refractivity contribution in [2.75, 3.05) is 39.3 Å². The molecule has 0 aromatic carbocycles. The van der Waals surface area contributed by atoms with Gasteiger partial charge in [0.25, 0.3) is 0 Å². The molecule has 3 heterocycles. The number of rotatable bonds is 3. The number of nitrogens with zero attached hydrogens (tertiary/aromatic N) is 2. The van der Waals surface area contributed by atoms with E-state index in [1.165, 1.54) is 54.4 Å². The van der Waals surface area contributed by atoms with E-state index in [-0.39, 0.29) is 12.4 Å². The van der Waals surface area contributed by atoms with Gasteiger partial charge in [-0.15, -0.1) is 23.7 Å². The Morgan fingerprint density at radius 3 is 2.63 bits per heavy atom. The van der Waals surface area contributed by atoms with Gasteiger partial charge in [-0.05, 0) is 41.0 Å². The van der Waals surface area contributed by atoms with E-state index in [4.69, 9.17) is 0 Å². The summed E-state index contributed by atoms with van der Waals surface area (Å²) in [5.74, 6) is 0. The number of hydrogen-bond acceptors (Lipinski definition) is 4. The fourth-order valence-corrected chi connectivity index (χ4v) is 4.42. The number of hydrogen-bond donors (Lipinski definition) is 1. The number of nitrogens with one attached hydrogen (secondary N) is 1. The number of piperazine rings is 1. The summed E-state index contributed by atoms with van der Waals surface area (Å²) in [4.78, 5) is 6.72. The van der Waals surface area contributed by atoms with Gasteiger partial charge in [0, 0.05) is 50.2 Å². The lowest BCUT2D eigenvalue weighted by Crippen LogP contribution is -2.50. The fourth-order valence-electron chi connectivity index (χ4n) is 2.89. The van der Waals surface area contributed by atoms with Crippen LogP contribution in [0, 0.1) is 0 Å². The Bertz CT molecular complexity index is 387. The van der Waals surface area contributed by atoms with Gasteiger partial charge in [0.2, 0.25) is 0 Å². The molecule has 0 saturated carbocycles. The summed E-state index contributed by atoms with van der Waals surface area (Å²) < 4.78 is 1.24. The standard InChI is InChI=1S/C13H20BrN3S.ClH/c14-13-2-1-12(18-13)10-16-5-7-17(8-6-16)11-3-4-15-9-11;/h1-2,11,15H,3-10H2;1H.